The summed E-state index contributed by atoms with van der Waals surface area (Å²) in [6.07, 6.45) is 1.76. The number of esters is 1. The maximum atomic E-state index is 14.1. The molecule has 6 rings (SSSR count). The van der Waals surface area contributed by atoms with Gasteiger partial charge in [0.25, 0.3) is 5.56 Å². The smallest absolute Gasteiger partial charge is 0.338 e. The van der Waals surface area contributed by atoms with Gasteiger partial charge in [0, 0.05) is 11.1 Å². The number of hydrogen-bond donors (Lipinski definition) is 0. The van der Waals surface area contributed by atoms with Crippen molar-refractivity contribution < 1.29 is 23.4 Å². The van der Waals surface area contributed by atoms with E-state index in [2.05, 4.69) is 0 Å². The molecular formula is C36H29FN2O5S. The van der Waals surface area contributed by atoms with Crippen molar-refractivity contribution in [3.63, 3.8) is 0 Å². The molecule has 5 aromatic rings. The highest BCUT2D eigenvalue weighted by molar-refractivity contribution is 7.07. The van der Waals surface area contributed by atoms with Crippen molar-refractivity contribution >= 4 is 29.1 Å². The molecule has 0 amide bonds. The third-order valence-electron chi connectivity index (χ3n) is 7.32. The predicted molar refractivity (Wildman–Crippen MR) is 171 cm³/mol. The molecule has 0 N–H and O–H groups in total. The molecule has 2 heterocycles. The number of nitrogens with zero attached hydrogens (tertiary/aromatic N) is 2. The third-order valence-corrected chi connectivity index (χ3v) is 8.30. The lowest BCUT2D eigenvalue weighted by Crippen LogP contribution is -2.39. The minimum atomic E-state index is -0.748. The van der Waals surface area contributed by atoms with Gasteiger partial charge in [0.2, 0.25) is 0 Å². The van der Waals surface area contributed by atoms with Crippen LogP contribution in [0.15, 0.2) is 118 Å². The maximum absolute atomic E-state index is 14.1. The molecule has 45 heavy (non-hydrogen) atoms. The molecule has 0 unspecified atom stereocenters. The number of carbonyl (C=O) groups is 1. The molecule has 0 fully saturated rings. The number of hydrogen-bond acceptors (Lipinski definition) is 7. The van der Waals surface area contributed by atoms with Crippen LogP contribution in [0.4, 0.5) is 4.39 Å². The van der Waals surface area contributed by atoms with Gasteiger partial charge in [-0.2, -0.15) is 0 Å². The molecule has 0 bridgehead atoms. The van der Waals surface area contributed by atoms with Crippen molar-refractivity contribution in [3.05, 3.63) is 156 Å². The van der Waals surface area contributed by atoms with E-state index in [0.717, 1.165) is 11.1 Å². The standard InChI is InChI=1S/C36H29FN2O5S/c1-3-43-35(41)31-32(24-12-6-4-7-13-24)38-36-39(33(31)25-14-8-5-9-15-25)34(40)30(45-36)21-23-18-19-28(29(20-23)42-2)44-22-26-16-10-11-17-27(26)37/h4-21,33H,3,22H2,1-2H3/b30-21-/t33-/m1/s1. The summed E-state index contributed by atoms with van der Waals surface area (Å²) in [7, 11) is 1.52. The first kappa shape index (κ1) is 29.8. The average Bonchev–Trinajstić information content (AvgIpc) is 3.38. The van der Waals surface area contributed by atoms with Gasteiger partial charge in [-0.25, -0.2) is 14.2 Å². The Morgan fingerprint density at radius 2 is 1.67 bits per heavy atom. The first-order chi connectivity index (χ1) is 22.0. The second-order valence-corrected chi connectivity index (χ2v) is 11.1. The van der Waals surface area contributed by atoms with E-state index in [1.165, 1.54) is 24.5 Å². The van der Waals surface area contributed by atoms with Crippen molar-refractivity contribution in [3.8, 4) is 11.5 Å². The van der Waals surface area contributed by atoms with Crippen molar-refractivity contribution in [2.24, 2.45) is 4.99 Å². The summed E-state index contributed by atoms with van der Waals surface area (Å²) in [5.74, 6) is -0.00115. The van der Waals surface area contributed by atoms with Gasteiger partial charge in [-0.3, -0.25) is 9.36 Å². The number of benzene rings is 4. The average molecular weight is 621 g/mol. The summed E-state index contributed by atoms with van der Waals surface area (Å²) in [5, 5.41) is 0. The number of methoxy groups -OCH3 is 1. The topological polar surface area (TPSA) is 79.1 Å². The summed E-state index contributed by atoms with van der Waals surface area (Å²) in [4.78, 5) is 33.0. The molecule has 4 aromatic carbocycles. The Labute approximate surface area is 262 Å². The fraction of sp³-hybridized carbons (Fsp3) is 0.139. The SMILES string of the molecule is CCOC(=O)C1=C(c2ccccc2)N=c2s/c(=C\c3ccc(OCc4ccccc4F)c(OC)c3)c(=O)n2[C@@H]1c1ccccc1. The lowest BCUT2D eigenvalue weighted by atomic mass is 9.93. The van der Waals surface area contributed by atoms with E-state index < -0.39 is 12.0 Å². The highest BCUT2D eigenvalue weighted by Gasteiger charge is 2.35. The van der Waals surface area contributed by atoms with Gasteiger partial charge in [0.05, 0.1) is 35.6 Å². The van der Waals surface area contributed by atoms with Crippen LogP contribution in [0, 0.1) is 5.82 Å². The molecule has 0 saturated heterocycles. The molecular weight excluding hydrogens is 591 g/mol. The third kappa shape index (κ3) is 6.07. The van der Waals surface area contributed by atoms with Crippen LogP contribution in [0.2, 0.25) is 0 Å². The Balaban J connectivity index is 1.46. The Hall–Kier alpha value is -5.28. The summed E-state index contributed by atoms with van der Waals surface area (Å²) in [6, 6.07) is 29.8. The molecule has 226 valence electrons. The van der Waals surface area contributed by atoms with Crippen LogP contribution in [0.5, 0.6) is 11.5 Å². The zero-order valence-corrected chi connectivity index (χ0v) is 25.4. The Bertz CT molecular complexity index is 2070. The van der Waals surface area contributed by atoms with Gasteiger partial charge in [-0.05, 0) is 42.3 Å². The van der Waals surface area contributed by atoms with Crippen LogP contribution in [0.1, 0.15) is 35.2 Å². The quantitative estimate of drug-likeness (QED) is 0.199. The van der Waals surface area contributed by atoms with Crippen LogP contribution >= 0.6 is 11.3 Å². The zero-order valence-electron chi connectivity index (χ0n) is 24.6. The minimum absolute atomic E-state index is 0.0347. The van der Waals surface area contributed by atoms with E-state index >= 15 is 0 Å². The fourth-order valence-electron chi connectivity index (χ4n) is 5.21. The van der Waals surface area contributed by atoms with Crippen molar-refractivity contribution in [1.29, 1.82) is 0 Å². The fourth-order valence-corrected chi connectivity index (χ4v) is 6.21. The van der Waals surface area contributed by atoms with E-state index in [1.54, 1.807) is 54.0 Å². The van der Waals surface area contributed by atoms with Crippen molar-refractivity contribution in [1.82, 2.24) is 4.57 Å². The number of thiazole rings is 1. The van der Waals surface area contributed by atoms with E-state index in [-0.39, 0.29) is 24.6 Å². The lowest BCUT2D eigenvalue weighted by molar-refractivity contribution is -0.138. The molecule has 9 heteroatoms. The van der Waals surface area contributed by atoms with Gasteiger partial charge in [-0.1, -0.05) is 96.3 Å². The Morgan fingerprint density at radius 1 is 0.956 bits per heavy atom. The highest BCUT2D eigenvalue weighted by atomic mass is 32.1. The zero-order chi connectivity index (χ0) is 31.3. The van der Waals surface area contributed by atoms with E-state index in [1.807, 2.05) is 60.7 Å². The maximum Gasteiger partial charge on any atom is 0.338 e. The van der Waals surface area contributed by atoms with Gasteiger partial charge < -0.3 is 14.2 Å². The van der Waals surface area contributed by atoms with E-state index in [9.17, 15) is 14.0 Å². The van der Waals surface area contributed by atoms with Crippen LogP contribution in [0.3, 0.4) is 0 Å². The van der Waals surface area contributed by atoms with Gasteiger partial charge in [0.15, 0.2) is 16.3 Å². The second kappa shape index (κ2) is 13.2. The first-order valence-electron chi connectivity index (χ1n) is 14.4. The van der Waals surface area contributed by atoms with Crippen LogP contribution < -0.4 is 24.4 Å². The van der Waals surface area contributed by atoms with E-state index in [4.69, 9.17) is 19.2 Å². The summed E-state index contributed by atoms with van der Waals surface area (Å²) in [5.41, 5.74) is 3.10. The monoisotopic (exact) mass is 620 g/mol. The summed E-state index contributed by atoms with van der Waals surface area (Å²) >= 11 is 1.24. The van der Waals surface area contributed by atoms with Crippen LogP contribution in [0.25, 0.3) is 11.8 Å². The number of ether oxygens (including phenoxy) is 3. The van der Waals surface area contributed by atoms with Crippen molar-refractivity contribution in [2.75, 3.05) is 13.7 Å². The lowest BCUT2D eigenvalue weighted by Gasteiger charge is -2.25. The molecule has 0 aliphatic carbocycles. The molecule has 1 aliphatic heterocycles. The number of halogens is 1. The molecule has 0 spiro atoms. The Kier molecular flexibility index (Phi) is 8.70. The van der Waals surface area contributed by atoms with Gasteiger partial charge in [-0.15, -0.1) is 0 Å². The Morgan fingerprint density at radius 3 is 2.38 bits per heavy atom. The number of fused-ring (bicyclic) bond motifs is 1. The predicted octanol–water partition coefficient (Wildman–Crippen LogP) is 5.66. The molecule has 1 aliphatic rings. The molecule has 0 radical (unpaired) electrons. The molecule has 1 atom stereocenters. The van der Waals surface area contributed by atoms with Gasteiger partial charge in [0.1, 0.15) is 12.4 Å². The minimum Gasteiger partial charge on any atom is -0.493 e. The second-order valence-electron chi connectivity index (χ2n) is 10.1. The number of aromatic nitrogens is 1. The van der Waals surface area contributed by atoms with Crippen LogP contribution in [-0.4, -0.2) is 24.3 Å². The number of rotatable bonds is 9. The highest BCUT2D eigenvalue weighted by Crippen LogP contribution is 2.35. The van der Waals surface area contributed by atoms with Gasteiger partial charge >= 0.3 is 5.97 Å². The summed E-state index contributed by atoms with van der Waals surface area (Å²) in [6.45, 7) is 1.96. The largest absolute Gasteiger partial charge is 0.493 e. The number of carbonyl (C=O) groups excluding carboxylic acids is 1. The molecule has 1 aromatic heterocycles. The van der Waals surface area contributed by atoms with Crippen LogP contribution in [-0.2, 0) is 16.1 Å². The molecule has 7 nitrogen and oxygen atoms in total. The normalized spacial score (nSPS) is 14.5. The first-order valence-corrected chi connectivity index (χ1v) is 15.2. The summed E-state index contributed by atoms with van der Waals surface area (Å²) < 4.78 is 33.0. The molecule has 0 saturated carbocycles. The van der Waals surface area contributed by atoms with E-state index in [0.29, 0.717) is 43.2 Å². The van der Waals surface area contributed by atoms with Crippen molar-refractivity contribution in [2.45, 2.75) is 19.6 Å².